The molecule has 31 heavy (non-hydrogen) atoms. The molecule has 0 spiro atoms. The topological polar surface area (TPSA) is 81.6 Å². The van der Waals surface area contributed by atoms with Gasteiger partial charge in [-0.25, -0.2) is 9.82 Å². The van der Waals surface area contributed by atoms with Gasteiger partial charge in [0.2, 0.25) is 5.88 Å². The van der Waals surface area contributed by atoms with Crippen LogP contribution in [-0.4, -0.2) is 21.9 Å². The number of nitrogens with one attached hydrogen (secondary N) is 1. The van der Waals surface area contributed by atoms with Crippen molar-refractivity contribution in [3.05, 3.63) is 95.3 Å². The highest BCUT2D eigenvalue weighted by atomic mass is 19.1. The van der Waals surface area contributed by atoms with E-state index in [1.807, 2.05) is 30.3 Å². The molecule has 4 aromatic rings. The third-order valence-electron chi connectivity index (χ3n) is 4.55. The van der Waals surface area contributed by atoms with E-state index < -0.39 is 5.91 Å². The molecule has 0 saturated heterocycles. The molecule has 0 fully saturated rings. The van der Waals surface area contributed by atoms with Crippen LogP contribution in [-0.2, 0) is 0 Å². The van der Waals surface area contributed by atoms with Crippen LogP contribution in [0, 0.1) is 19.7 Å². The lowest BCUT2D eigenvalue weighted by Gasteiger charge is -2.10. The number of amides is 1. The summed E-state index contributed by atoms with van der Waals surface area (Å²) in [6.07, 6.45) is 2.91. The van der Waals surface area contributed by atoms with Crippen molar-refractivity contribution in [1.82, 2.24) is 15.2 Å². The first-order valence-electron chi connectivity index (χ1n) is 9.49. The van der Waals surface area contributed by atoms with Crippen molar-refractivity contribution in [3.8, 4) is 17.3 Å². The predicted octanol–water partition coefficient (Wildman–Crippen LogP) is 4.78. The maximum absolute atomic E-state index is 13.3. The minimum atomic E-state index is -0.392. The van der Waals surface area contributed by atoms with Gasteiger partial charge in [0.15, 0.2) is 0 Å². The predicted molar refractivity (Wildman–Crippen MR) is 113 cm³/mol. The van der Waals surface area contributed by atoms with Gasteiger partial charge in [-0.3, -0.25) is 4.79 Å². The van der Waals surface area contributed by atoms with E-state index in [1.165, 1.54) is 36.7 Å². The van der Waals surface area contributed by atoms with Gasteiger partial charge >= 0.3 is 0 Å². The smallest absolute Gasteiger partial charge is 0.274 e. The molecule has 0 bridgehead atoms. The lowest BCUT2D eigenvalue weighted by Crippen LogP contribution is -2.17. The number of carbonyl (C=O) groups excluding carboxylic acids is 1. The number of aryl methyl sites for hydroxylation is 2. The van der Waals surface area contributed by atoms with Gasteiger partial charge < -0.3 is 9.15 Å². The van der Waals surface area contributed by atoms with Crippen LogP contribution in [0.25, 0.3) is 5.69 Å². The van der Waals surface area contributed by atoms with E-state index in [1.54, 1.807) is 24.6 Å². The average molecular weight is 418 g/mol. The number of nitrogens with zero attached hydrogens (tertiary/aromatic N) is 3. The second-order valence-corrected chi connectivity index (χ2v) is 6.70. The number of hydrogen-bond acceptors (Lipinski definition) is 5. The Morgan fingerprint density at radius 2 is 1.87 bits per heavy atom. The molecule has 156 valence electrons. The van der Waals surface area contributed by atoms with Crippen LogP contribution in [0.5, 0.6) is 11.6 Å². The summed E-state index contributed by atoms with van der Waals surface area (Å²) in [5.74, 6) is 0.566. The normalized spacial score (nSPS) is 11.1. The fraction of sp³-hybridized carbons (Fsp3) is 0.0870. The maximum atomic E-state index is 13.3. The molecule has 2 aromatic carbocycles. The Morgan fingerprint density at radius 3 is 2.55 bits per heavy atom. The summed E-state index contributed by atoms with van der Waals surface area (Å²) in [7, 11) is 0. The lowest BCUT2D eigenvalue weighted by atomic mass is 10.2. The average Bonchev–Trinajstić information content (AvgIpc) is 3.34. The molecule has 4 rings (SSSR count). The van der Waals surface area contributed by atoms with Gasteiger partial charge in [0.25, 0.3) is 5.91 Å². The SMILES string of the molecule is Cc1nn(-c2ccccc2)c(Oc2ccc(F)cc2)c1/C=N\NC(=O)c1ccoc1C. The number of hydrogen-bond donors (Lipinski definition) is 1. The molecule has 1 N–H and O–H groups in total. The molecule has 2 aromatic heterocycles. The molecule has 0 unspecified atom stereocenters. The largest absolute Gasteiger partial charge is 0.469 e. The number of rotatable bonds is 6. The Bertz CT molecular complexity index is 1230. The molecule has 0 aliphatic carbocycles. The second-order valence-electron chi connectivity index (χ2n) is 6.70. The maximum Gasteiger partial charge on any atom is 0.274 e. The summed E-state index contributed by atoms with van der Waals surface area (Å²) in [6.45, 7) is 3.50. The highest BCUT2D eigenvalue weighted by molar-refractivity contribution is 5.96. The standard InChI is InChI=1S/C23H19FN4O3/c1-15-21(14-25-26-22(29)20-12-13-30-16(20)2)23(31-19-10-8-17(24)9-11-19)28(27-15)18-6-4-3-5-7-18/h3-14H,1-2H3,(H,26,29)/b25-14-. The summed E-state index contributed by atoms with van der Waals surface area (Å²) < 4.78 is 26.1. The van der Waals surface area contributed by atoms with Crippen LogP contribution in [0.15, 0.2) is 76.4 Å². The first-order chi connectivity index (χ1) is 15.0. The minimum Gasteiger partial charge on any atom is -0.469 e. The first-order valence-corrected chi connectivity index (χ1v) is 9.49. The molecule has 0 atom stereocenters. The Morgan fingerprint density at radius 1 is 1.13 bits per heavy atom. The summed E-state index contributed by atoms with van der Waals surface area (Å²) in [4.78, 5) is 12.3. The molecule has 0 aliphatic rings. The van der Waals surface area contributed by atoms with Crippen molar-refractivity contribution in [1.29, 1.82) is 0 Å². The lowest BCUT2D eigenvalue weighted by molar-refractivity contribution is 0.0953. The number of aromatic nitrogens is 2. The Hall–Kier alpha value is -4.20. The second kappa shape index (κ2) is 8.66. The zero-order valence-electron chi connectivity index (χ0n) is 16.9. The summed E-state index contributed by atoms with van der Waals surface area (Å²) >= 11 is 0. The molecule has 0 saturated carbocycles. The van der Waals surface area contributed by atoms with E-state index in [0.29, 0.717) is 34.2 Å². The third-order valence-corrected chi connectivity index (χ3v) is 4.55. The third kappa shape index (κ3) is 4.37. The number of furan rings is 1. The van der Waals surface area contributed by atoms with Gasteiger partial charge in [0.1, 0.15) is 17.3 Å². The van der Waals surface area contributed by atoms with Crippen LogP contribution < -0.4 is 10.2 Å². The van der Waals surface area contributed by atoms with Gasteiger partial charge in [0.05, 0.1) is 35.0 Å². The van der Waals surface area contributed by atoms with Crippen LogP contribution in [0.4, 0.5) is 4.39 Å². The number of benzene rings is 2. The summed E-state index contributed by atoms with van der Waals surface area (Å²) in [5.41, 5.74) is 4.86. The molecule has 0 aliphatic heterocycles. The van der Waals surface area contributed by atoms with Crippen molar-refractivity contribution >= 4 is 12.1 Å². The van der Waals surface area contributed by atoms with E-state index in [-0.39, 0.29) is 5.82 Å². The highest BCUT2D eigenvalue weighted by Gasteiger charge is 2.18. The van der Waals surface area contributed by atoms with Gasteiger partial charge in [0, 0.05) is 0 Å². The summed E-state index contributed by atoms with van der Waals surface area (Å²) in [5, 5.41) is 8.62. The van der Waals surface area contributed by atoms with Crippen molar-refractivity contribution in [3.63, 3.8) is 0 Å². The van der Waals surface area contributed by atoms with Gasteiger partial charge in [-0.1, -0.05) is 18.2 Å². The van der Waals surface area contributed by atoms with Crippen LogP contribution in [0.3, 0.4) is 0 Å². The fourth-order valence-corrected chi connectivity index (χ4v) is 2.96. The highest BCUT2D eigenvalue weighted by Crippen LogP contribution is 2.29. The van der Waals surface area contributed by atoms with Gasteiger partial charge in [-0.05, 0) is 56.3 Å². The number of halogens is 1. The zero-order valence-corrected chi connectivity index (χ0v) is 16.9. The van der Waals surface area contributed by atoms with Crippen molar-refractivity contribution < 1.29 is 18.3 Å². The number of ether oxygens (including phenoxy) is 1. The molecule has 1 amide bonds. The van der Waals surface area contributed by atoms with Crippen LogP contribution >= 0.6 is 0 Å². The van der Waals surface area contributed by atoms with E-state index in [4.69, 9.17) is 9.15 Å². The molecule has 8 heteroatoms. The zero-order chi connectivity index (χ0) is 21.8. The van der Waals surface area contributed by atoms with E-state index in [9.17, 15) is 9.18 Å². The van der Waals surface area contributed by atoms with Crippen LogP contribution in [0.1, 0.15) is 27.4 Å². The monoisotopic (exact) mass is 418 g/mol. The van der Waals surface area contributed by atoms with Crippen molar-refractivity contribution in [2.75, 3.05) is 0 Å². The molecule has 0 radical (unpaired) electrons. The number of carbonyl (C=O) groups is 1. The van der Waals surface area contributed by atoms with E-state index in [0.717, 1.165) is 5.69 Å². The van der Waals surface area contributed by atoms with Crippen molar-refractivity contribution in [2.24, 2.45) is 5.10 Å². The fourth-order valence-electron chi connectivity index (χ4n) is 2.96. The van der Waals surface area contributed by atoms with E-state index in [2.05, 4.69) is 15.6 Å². The molecule has 2 heterocycles. The van der Waals surface area contributed by atoms with E-state index >= 15 is 0 Å². The number of para-hydroxylation sites is 1. The summed E-state index contributed by atoms with van der Waals surface area (Å²) in [6, 6.07) is 16.7. The van der Waals surface area contributed by atoms with Crippen molar-refractivity contribution in [2.45, 2.75) is 13.8 Å². The quantitative estimate of drug-likeness (QED) is 0.361. The molecule has 7 nitrogen and oxygen atoms in total. The van der Waals surface area contributed by atoms with Crippen LogP contribution in [0.2, 0.25) is 0 Å². The Kier molecular flexibility index (Phi) is 5.61. The molecular formula is C23H19FN4O3. The Balaban J connectivity index is 1.67. The van der Waals surface area contributed by atoms with Gasteiger partial charge in [-0.15, -0.1) is 0 Å². The first kappa shape index (κ1) is 20.1. The molecular weight excluding hydrogens is 399 g/mol. The number of hydrazone groups is 1. The minimum absolute atomic E-state index is 0.362. The Labute approximate surface area is 177 Å². The van der Waals surface area contributed by atoms with Gasteiger partial charge in [-0.2, -0.15) is 14.9 Å².